The summed E-state index contributed by atoms with van der Waals surface area (Å²) in [7, 11) is 0. The van der Waals surface area contributed by atoms with Crippen LogP contribution in [0.3, 0.4) is 0 Å². The molecule has 3 rings (SSSR count). The lowest BCUT2D eigenvalue weighted by Crippen LogP contribution is -1.98. The zero-order valence-electron chi connectivity index (χ0n) is 10.3. The number of hydrogen-bond donors (Lipinski definition) is 0. The molecule has 0 bridgehead atoms. The molecule has 3 aromatic rings. The summed E-state index contributed by atoms with van der Waals surface area (Å²) in [6.07, 6.45) is 3.50. The molecule has 0 aliphatic carbocycles. The van der Waals surface area contributed by atoms with Crippen LogP contribution in [0.1, 0.15) is 15.9 Å². The first kappa shape index (κ1) is 13.2. The number of nitrogens with zero attached hydrogens (tertiary/aromatic N) is 1. The lowest BCUT2D eigenvalue weighted by Gasteiger charge is -1.95. The average molecular weight is 267 g/mol. The van der Waals surface area contributed by atoms with Gasteiger partial charge >= 0.3 is 0 Å². The molecule has 0 radical (unpaired) electrons. The maximum Gasteiger partial charge on any atom is 0.193 e. The molecule has 2 nitrogen and oxygen atoms in total. The third kappa shape index (κ3) is 4.16. The molecule has 0 aliphatic heterocycles. The first-order chi connectivity index (χ1) is 9.38. The van der Waals surface area contributed by atoms with E-state index >= 15 is 0 Å². The van der Waals surface area contributed by atoms with Crippen molar-refractivity contribution >= 4 is 17.1 Å². The minimum absolute atomic E-state index is 0.0989. The third-order valence-electron chi connectivity index (χ3n) is 2.39. The van der Waals surface area contributed by atoms with Gasteiger partial charge in [-0.3, -0.25) is 9.78 Å². The molecule has 0 unspecified atom stereocenters. The first-order valence-electron chi connectivity index (χ1n) is 5.85. The molecule has 0 saturated carbocycles. The van der Waals surface area contributed by atoms with E-state index in [1.54, 1.807) is 23.7 Å². The van der Waals surface area contributed by atoms with Crippen molar-refractivity contribution in [3.8, 4) is 0 Å². The van der Waals surface area contributed by atoms with E-state index in [0.717, 1.165) is 11.1 Å². The van der Waals surface area contributed by atoms with E-state index in [1.807, 2.05) is 65.4 Å². The standard InChI is InChI=1S/C11H8OS.C5H5N/c12-11(10-6-7-13-8-10)9-4-2-1-3-5-9;1-2-4-6-5-3-1/h1-8H;1-5H. The number of ketones is 1. The zero-order valence-corrected chi connectivity index (χ0v) is 11.1. The molecule has 94 valence electrons. The zero-order chi connectivity index (χ0) is 13.3. The second-order valence-corrected chi connectivity index (χ2v) is 4.51. The molecular weight excluding hydrogens is 254 g/mol. The minimum atomic E-state index is 0.0989. The molecule has 0 spiro atoms. The topological polar surface area (TPSA) is 30.0 Å². The van der Waals surface area contributed by atoms with Gasteiger partial charge in [0.15, 0.2) is 5.78 Å². The summed E-state index contributed by atoms with van der Waals surface area (Å²) in [5.41, 5.74) is 1.53. The van der Waals surface area contributed by atoms with Gasteiger partial charge in [0.2, 0.25) is 0 Å². The van der Waals surface area contributed by atoms with Crippen LogP contribution in [0.5, 0.6) is 0 Å². The quantitative estimate of drug-likeness (QED) is 0.655. The Morgan fingerprint density at radius 1 is 0.842 bits per heavy atom. The third-order valence-corrected chi connectivity index (χ3v) is 3.07. The SMILES string of the molecule is O=C(c1ccccc1)c1ccsc1.c1ccncc1. The van der Waals surface area contributed by atoms with Gasteiger partial charge in [0.25, 0.3) is 0 Å². The monoisotopic (exact) mass is 267 g/mol. The molecule has 0 saturated heterocycles. The van der Waals surface area contributed by atoms with Crippen molar-refractivity contribution in [3.05, 3.63) is 88.9 Å². The summed E-state index contributed by atoms with van der Waals surface area (Å²) in [6, 6.07) is 16.9. The van der Waals surface area contributed by atoms with Crippen molar-refractivity contribution in [2.45, 2.75) is 0 Å². The summed E-state index contributed by atoms with van der Waals surface area (Å²) < 4.78 is 0. The predicted octanol–water partition coefficient (Wildman–Crippen LogP) is 4.06. The molecule has 0 N–H and O–H groups in total. The van der Waals surface area contributed by atoms with Gasteiger partial charge in [-0.2, -0.15) is 11.3 Å². The van der Waals surface area contributed by atoms with Crippen molar-refractivity contribution in [2.75, 3.05) is 0 Å². The normalized spacial score (nSPS) is 9.26. The van der Waals surface area contributed by atoms with Gasteiger partial charge in [-0.25, -0.2) is 0 Å². The van der Waals surface area contributed by atoms with Crippen molar-refractivity contribution < 1.29 is 4.79 Å². The lowest BCUT2D eigenvalue weighted by atomic mass is 10.1. The highest BCUT2D eigenvalue weighted by atomic mass is 32.1. The first-order valence-corrected chi connectivity index (χ1v) is 6.79. The Labute approximate surface area is 116 Å². The fourth-order valence-electron chi connectivity index (χ4n) is 1.46. The molecule has 1 aromatic carbocycles. The molecule has 3 heteroatoms. The van der Waals surface area contributed by atoms with Crippen LogP contribution in [-0.2, 0) is 0 Å². The molecule has 2 aromatic heterocycles. The van der Waals surface area contributed by atoms with E-state index in [2.05, 4.69) is 4.98 Å². The average Bonchev–Trinajstić information content (AvgIpc) is 3.04. The van der Waals surface area contributed by atoms with E-state index in [0.29, 0.717) is 0 Å². The van der Waals surface area contributed by atoms with Crippen molar-refractivity contribution in [3.63, 3.8) is 0 Å². The van der Waals surface area contributed by atoms with Gasteiger partial charge in [0.1, 0.15) is 0 Å². The molecule has 0 aliphatic rings. The number of aromatic nitrogens is 1. The summed E-state index contributed by atoms with van der Waals surface area (Å²) >= 11 is 1.54. The number of rotatable bonds is 2. The number of benzene rings is 1. The number of pyridine rings is 1. The van der Waals surface area contributed by atoms with Gasteiger partial charge in [-0.05, 0) is 23.6 Å². The summed E-state index contributed by atoms with van der Waals surface area (Å²) in [5.74, 6) is 0.0989. The van der Waals surface area contributed by atoms with Gasteiger partial charge < -0.3 is 0 Å². The van der Waals surface area contributed by atoms with Crippen LogP contribution in [0, 0.1) is 0 Å². The Morgan fingerprint density at radius 2 is 1.53 bits per heavy atom. The highest BCUT2D eigenvalue weighted by Crippen LogP contribution is 2.12. The van der Waals surface area contributed by atoms with Crippen molar-refractivity contribution in [1.29, 1.82) is 0 Å². The Morgan fingerprint density at radius 3 is 2.00 bits per heavy atom. The molecule has 2 heterocycles. The Hall–Kier alpha value is -2.26. The van der Waals surface area contributed by atoms with Crippen LogP contribution in [0.2, 0.25) is 0 Å². The van der Waals surface area contributed by atoms with Gasteiger partial charge in [0, 0.05) is 28.9 Å². The van der Waals surface area contributed by atoms with Gasteiger partial charge in [0.05, 0.1) is 0 Å². The van der Waals surface area contributed by atoms with Crippen LogP contribution >= 0.6 is 11.3 Å². The molecule has 0 amide bonds. The van der Waals surface area contributed by atoms with E-state index in [9.17, 15) is 4.79 Å². The van der Waals surface area contributed by atoms with Gasteiger partial charge in [-0.1, -0.05) is 36.4 Å². The Bertz CT molecular complexity index is 565. The second kappa shape index (κ2) is 7.24. The Kier molecular flexibility index (Phi) is 5.02. The largest absolute Gasteiger partial charge is 0.289 e. The fourth-order valence-corrected chi connectivity index (χ4v) is 2.10. The molecule has 0 atom stereocenters. The summed E-state index contributed by atoms with van der Waals surface area (Å²) in [6.45, 7) is 0. The second-order valence-electron chi connectivity index (χ2n) is 3.73. The van der Waals surface area contributed by atoms with Gasteiger partial charge in [-0.15, -0.1) is 0 Å². The fraction of sp³-hybridized carbons (Fsp3) is 0. The Balaban J connectivity index is 0.000000186. The van der Waals surface area contributed by atoms with Crippen LogP contribution in [0.4, 0.5) is 0 Å². The number of carbonyl (C=O) groups excluding carboxylic acids is 1. The van der Waals surface area contributed by atoms with Crippen LogP contribution in [-0.4, -0.2) is 10.8 Å². The maximum atomic E-state index is 11.7. The number of carbonyl (C=O) groups is 1. The lowest BCUT2D eigenvalue weighted by molar-refractivity contribution is 0.103. The minimum Gasteiger partial charge on any atom is -0.289 e. The van der Waals surface area contributed by atoms with E-state index in [-0.39, 0.29) is 5.78 Å². The van der Waals surface area contributed by atoms with Crippen LogP contribution < -0.4 is 0 Å². The highest BCUT2D eigenvalue weighted by Gasteiger charge is 2.07. The summed E-state index contributed by atoms with van der Waals surface area (Å²) in [4.78, 5) is 15.5. The maximum absolute atomic E-state index is 11.7. The summed E-state index contributed by atoms with van der Waals surface area (Å²) in [5, 5.41) is 3.78. The highest BCUT2D eigenvalue weighted by molar-refractivity contribution is 7.08. The van der Waals surface area contributed by atoms with Crippen LogP contribution in [0.25, 0.3) is 0 Å². The van der Waals surface area contributed by atoms with E-state index in [4.69, 9.17) is 0 Å². The van der Waals surface area contributed by atoms with Crippen LogP contribution in [0.15, 0.2) is 77.8 Å². The molecule has 0 fully saturated rings. The predicted molar refractivity (Wildman–Crippen MR) is 78.4 cm³/mol. The van der Waals surface area contributed by atoms with E-state index in [1.165, 1.54) is 0 Å². The van der Waals surface area contributed by atoms with E-state index < -0.39 is 0 Å². The van der Waals surface area contributed by atoms with Crippen molar-refractivity contribution in [2.24, 2.45) is 0 Å². The number of thiophene rings is 1. The smallest absolute Gasteiger partial charge is 0.193 e. The molecule has 19 heavy (non-hydrogen) atoms. The number of hydrogen-bond acceptors (Lipinski definition) is 3. The molecular formula is C16H13NOS. The van der Waals surface area contributed by atoms with Crippen molar-refractivity contribution in [1.82, 2.24) is 4.98 Å².